The van der Waals surface area contributed by atoms with Crippen molar-refractivity contribution in [2.24, 2.45) is 0 Å². The lowest BCUT2D eigenvalue weighted by Crippen LogP contribution is -2.25. The molecular weight excluding hydrogens is 274 g/mol. The van der Waals surface area contributed by atoms with Crippen molar-refractivity contribution >= 4 is 17.4 Å². The second kappa shape index (κ2) is 4.91. The lowest BCUT2D eigenvalue weighted by Gasteiger charge is -2.25. The summed E-state index contributed by atoms with van der Waals surface area (Å²) in [4.78, 5) is 26.7. The molecule has 1 aliphatic rings. The first-order chi connectivity index (χ1) is 9.56. The number of fused-ring (bicyclic) bond motifs is 1. The Labute approximate surface area is 121 Å². The third kappa shape index (κ3) is 2.18. The van der Waals surface area contributed by atoms with Crippen LogP contribution in [0.2, 0.25) is 5.02 Å². The fourth-order valence-electron chi connectivity index (χ4n) is 2.97. The number of halogens is 1. The van der Waals surface area contributed by atoms with Crippen LogP contribution in [-0.4, -0.2) is 10.8 Å². The number of aromatic nitrogens is 1. The Morgan fingerprint density at radius 2 is 1.95 bits per heavy atom. The van der Waals surface area contributed by atoms with Crippen molar-refractivity contribution in [1.29, 1.82) is 0 Å². The second-order valence-corrected chi connectivity index (χ2v) is 5.63. The number of carbonyl (C=O) groups excluding carboxylic acids is 1. The van der Waals surface area contributed by atoms with Crippen LogP contribution in [-0.2, 0) is 6.42 Å². The summed E-state index contributed by atoms with van der Waals surface area (Å²) in [6.45, 7) is 1.81. The molecule has 0 aliphatic heterocycles. The van der Waals surface area contributed by atoms with Crippen molar-refractivity contribution in [3.63, 3.8) is 0 Å². The number of benzene rings is 1. The smallest absolute Gasteiger partial charge is 0.248 e. The molecule has 2 aromatic rings. The quantitative estimate of drug-likeness (QED) is 0.875. The van der Waals surface area contributed by atoms with Gasteiger partial charge in [0.1, 0.15) is 0 Å². The number of aromatic amines is 1. The van der Waals surface area contributed by atoms with Crippen LogP contribution in [0.1, 0.15) is 39.5 Å². The van der Waals surface area contributed by atoms with E-state index in [9.17, 15) is 9.59 Å². The van der Waals surface area contributed by atoms with Crippen LogP contribution >= 0.6 is 11.6 Å². The fraction of sp³-hybridized carbons (Fsp3) is 0.250. The van der Waals surface area contributed by atoms with Crippen LogP contribution in [0.25, 0.3) is 0 Å². The maximum atomic E-state index is 12.3. The molecule has 1 aromatic heterocycles. The van der Waals surface area contributed by atoms with Crippen molar-refractivity contribution in [1.82, 2.24) is 4.98 Å². The standard InChI is InChI=1S/C16H14ClNO2/c1-9-6-15(20)18-13-7-10(8-14(19)16(9)13)11-4-2-3-5-12(11)17/h2-6,10H,7-8H2,1H3,(H,18,20). The summed E-state index contributed by atoms with van der Waals surface area (Å²) in [5.74, 6) is 0.103. The number of rotatable bonds is 1. The average molecular weight is 288 g/mol. The number of ketones is 1. The van der Waals surface area contributed by atoms with E-state index in [0.717, 1.165) is 16.8 Å². The molecule has 0 bridgehead atoms. The maximum Gasteiger partial charge on any atom is 0.248 e. The van der Waals surface area contributed by atoms with Gasteiger partial charge in [0.25, 0.3) is 0 Å². The molecule has 1 unspecified atom stereocenters. The zero-order chi connectivity index (χ0) is 14.3. The molecule has 102 valence electrons. The number of hydrogen-bond acceptors (Lipinski definition) is 2. The fourth-order valence-corrected chi connectivity index (χ4v) is 3.26. The molecule has 1 atom stereocenters. The summed E-state index contributed by atoms with van der Waals surface area (Å²) in [7, 11) is 0. The van der Waals surface area contributed by atoms with E-state index in [4.69, 9.17) is 11.6 Å². The minimum Gasteiger partial charge on any atom is -0.325 e. The van der Waals surface area contributed by atoms with E-state index < -0.39 is 0 Å². The number of carbonyl (C=O) groups is 1. The highest BCUT2D eigenvalue weighted by molar-refractivity contribution is 6.31. The Kier molecular flexibility index (Phi) is 3.22. The van der Waals surface area contributed by atoms with E-state index in [-0.39, 0.29) is 17.3 Å². The van der Waals surface area contributed by atoms with Gasteiger partial charge in [0.05, 0.1) is 0 Å². The maximum absolute atomic E-state index is 12.3. The van der Waals surface area contributed by atoms with Gasteiger partial charge in [0.2, 0.25) is 5.56 Å². The summed E-state index contributed by atoms with van der Waals surface area (Å²) in [6, 6.07) is 9.04. The Morgan fingerprint density at radius 3 is 2.70 bits per heavy atom. The Balaban J connectivity index is 2.07. The van der Waals surface area contributed by atoms with Gasteiger partial charge in [0, 0.05) is 28.8 Å². The zero-order valence-electron chi connectivity index (χ0n) is 11.1. The number of Topliss-reactive ketones (excluding diaryl/α,β-unsaturated/α-hetero) is 1. The Morgan fingerprint density at radius 1 is 1.20 bits per heavy atom. The predicted molar refractivity (Wildman–Crippen MR) is 78.6 cm³/mol. The van der Waals surface area contributed by atoms with Crippen molar-refractivity contribution in [3.8, 4) is 0 Å². The second-order valence-electron chi connectivity index (χ2n) is 5.22. The molecule has 0 spiro atoms. The number of hydrogen-bond donors (Lipinski definition) is 1. The van der Waals surface area contributed by atoms with Crippen LogP contribution in [0, 0.1) is 6.92 Å². The first-order valence-corrected chi connectivity index (χ1v) is 6.94. The number of nitrogens with one attached hydrogen (secondary N) is 1. The lowest BCUT2D eigenvalue weighted by atomic mass is 9.80. The molecule has 1 aromatic carbocycles. The van der Waals surface area contributed by atoms with E-state index >= 15 is 0 Å². The molecule has 20 heavy (non-hydrogen) atoms. The SMILES string of the molecule is Cc1cc(=O)[nH]c2c1C(=O)CC(c1ccccc1Cl)C2. The summed E-state index contributed by atoms with van der Waals surface area (Å²) in [5, 5.41) is 0.670. The number of aryl methyl sites for hydroxylation is 1. The Hall–Kier alpha value is -1.87. The summed E-state index contributed by atoms with van der Waals surface area (Å²) >= 11 is 6.21. The number of pyridine rings is 1. The van der Waals surface area contributed by atoms with Gasteiger partial charge in [-0.1, -0.05) is 29.8 Å². The van der Waals surface area contributed by atoms with Gasteiger partial charge in [-0.3, -0.25) is 9.59 Å². The minimum atomic E-state index is -0.158. The van der Waals surface area contributed by atoms with Gasteiger partial charge < -0.3 is 4.98 Å². The van der Waals surface area contributed by atoms with Gasteiger partial charge in [-0.2, -0.15) is 0 Å². The van der Waals surface area contributed by atoms with E-state index in [1.165, 1.54) is 6.07 Å². The molecule has 1 heterocycles. The topological polar surface area (TPSA) is 49.9 Å². The van der Waals surface area contributed by atoms with Crippen LogP contribution in [0.4, 0.5) is 0 Å². The molecule has 3 rings (SSSR count). The largest absolute Gasteiger partial charge is 0.325 e. The van der Waals surface area contributed by atoms with Crippen molar-refractivity contribution < 1.29 is 4.79 Å². The van der Waals surface area contributed by atoms with Crippen molar-refractivity contribution in [3.05, 3.63) is 68.1 Å². The summed E-state index contributed by atoms with van der Waals surface area (Å²) in [5.41, 5.74) is 2.97. The third-order valence-corrected chi connectivity index (χ3v) is 4.17. The van der Waals surface area contributed by atoms with E-state index in [1.807, 2.05) is 31.2 Å². The molecule has 0 saturated heterocycles. The molecule has 3 nitrogen and oxygen atoms in total. The van der Waals surface area contributed by atoms with Crippen LogP contribution in [0.15, 0.2) is 35.1 Å². The van der Waals surface area contributed by atoms with Crippen LogP contribution < -0.4 is 5.56 Å². The highest BCUT2D eigenvalue weighted by Gasteiger charge is 2.29. The predicted octanol–water partition coefficient (Wildman–Crippen LogP) is 3.25. The molecule has 0 amide bonds. The van der Waals surface area contributed by atoms with E-state index in [0.29, 0.717) is 23.4 Å². The molecular formula is C16H14ClNO2. The molecule has 0 saturated carbocycles. The highest BCUT2D eigenvalue weighted by atomic mass is 35.5. The molecule has 1 N–H and O–H groups in total. The minimum absolute atomic E-state index is 0.0288. The van der Waals surface area contributed by atoms with E-state index in [2.05, 4.69) is 4.98 Å². The van der Waals surface area contributed by atoms with Crippen LogP contribution in [0.3, 0.4) is 0 Å². The molecule has 0 radical (unpaired) electrons. The molecule has 1 aliphatic carbocycles. The van der Waals surface area contributed by atoms with Gasteiger partial charge in [0.15, 0.2) is 5.78 Å². The van der Waals surface area contributed by atoms with E-state index in [1.54, 1.807) is 0 Å². The third-order valence-electron chi connectivity index (χ3n) is 3.82. The first-order valence-electron chi connectivity index (χ1n) is 6.56. The van der Waals surface area contributed by atoms with Crippen molar-refractivity contribution in [2.75, 3.05) is 0 Å². The van der Waals surface area contributed by atoms with Gasteiger partial charge in [-0.15, -0.1) is 0 Å². The van der Waals surface area contributed by atoms with Crippen molar-refractivity contribution in [2.45, 2.75) is 25.7 Å². The monoisotopic (exact) mass is 287 g/mol. The molecule has 4 heteroatoms. The summed E-state index contributed by atoms with van der Waals surface area (Å²) < 4.78 is 0. The summed E-state index contributed by atoms with van der Waals surface area (Å²) in [6.07, 6.45) is 1.07. The molecule has 0 fully saturated rings. The highest BCUT2D eigenvalue weighted by Crippen LogP contribution is 2.35. The lowest BCUT2D eigenvalue weighted by molar-refractivity contribution is 0.0962. The van der Waals surface area contributed by atoms with Gasteiger partial charge in [-0.25, -0.2) is 0 Å². The average Bonchev–Trinajstić information content (AvgIpc) is 2.37. The Bertz CT molecular complexity index is 748. The first kappa shape index (κ1) is 13.1. The van der Waals surface area contributed by atoms with Crippen LogP contribution in [0.5, 0.6) is 0 Å². The normalized spacial score (nSPS) is 17.9. The van der Waals surface area contributed by atoms with Gasteiger partial charge >= 0.3 is 0 Å². The number of H-pyrrole nitrogens is 1. The van der Waals surface area contributed by atoms with Gasteiger partial charge in [-0.05, 0) is 36.5 Å². The zero-order valence-corrected chi connectivity index (χ0v) is 11.8.